The molecule has 0 radical (unpaired) electrons. The third kappa shape index (κ3) is 7.28. The fraction of sp³-hybridized carbons (Fsp3) is 0.323. The second kappa shape index (κ2) is 18.0. The summed E-state index contributed by atoms with van der Waals surface area (Å²) >= 11 is 0. The third-order valence-corrected chi connectivity index (χ3v) is 15.1. The molecule has 2 nitrogen and oxygen atoms in total. The predicted octanol–water partition coefficient (Wildman–Crippen LogP) is 18.8. The number of unbranched alkanes of at least 4 members (excludes halogenated alkanes) is 10. The highest BCUT2D eigenvalue weighted by molar-refractivity contribution is 6.09. The Kier molecular flexibility index (Phi) is 11.8. The number of furan rings is 1. The van der Waals surface area contributed by atoms with Gasteiger partial charge in [0, 0.05) is 44.0 Å². The van der Waals surface area contributed by atoms with Crippen molar-refractivity contribution in [1.82, 2.24) is 0 Å². The highest BCUT2D eigenvalue weighted by Gasteiger charge is 2.44. The minimum absolute atomic E-state index is 0.00846. The summed E-state index contributed by atoms with van der Waals surface area (Å²) in [4.78, 5) is 2.61. The van der Waals surface area contributed by atoms with E-state index in [1.54, 1.807) is 5.56 Å². The summed E-state index contributed by atoms with van der Waals surface area (Å²) in [6.45, 7) is 9.44. The molecule has 7 aromatic carbocycles. The van der Waals surface area contributed by atoms with E-state index in [0.717, 1.165) is 38.8 Å². The van der Waals surface area contributed by atoms with Gasteiger partial charge in [0.2, 0.25) is 0 Å². The minimum Gasteiger partial charge on any atom is -0.455 e. The van der Waals surface area contributed by atoms with Crippen molar-refractivity contribution in [1.29, 1.82) is 0 Å². The van der Waals surface area contributed by atoms with Gasteiger partial charge in [0.05, 0.1) is 11.4 Å². The van der Waals surface area contributed by atoms with E-state index < -0.39 is 0 Å². The standard InChI is InChI=1S/C62H65NO/c1-5-7-9-11-13-21-42-62(43-22-14-12-10-8-6-2)52-32-19-16-28-50(52)59-54(62)34-25-36-56(59)63(55-35-24-33-53-58(55)49-27-15-18-31-51(49)61(53,3)4)45-40-38-44(39-41-45)46-29-23-30-48-47-26-17-20-37-57(47)64-60(46)48/h15-20,23-41H,5-14,21-22,42-43H2,1-4H3. The van der Waals surface area contributed by atoms with Crippen LogP contribution in [0.5, 0.6) is 0 Å². The number of hydrogen-bond donors (Lipinski definition) is 0. The van der Waals surface area contributed by atoms with Gasteiger partial charge >= 0.3 is 0 Å². The summed E-state index contributed by atoms with van der Waals surface area (Å²) < 4.78 is 6.55. The maximum atomic E-state index is 6.55. The Hall–Kier alpha value is -5.86. The van der Waals surface area contributed by atoms with Crippen LogP contribution >= 0.6 is 0 Å². The molecule has 0 fully saturated rings. The summed E-state index contributed by atoms with van der Waals surface area (Å²) in [6.07, 6.45) is 18.2. The van der Waals surface area contributed by atoms with Gasteiger partial charge < -0.3 is 9.32 Å². The van der Waals surface area contributed by atoms with Gasteiger partial charge in [-0.2, -0.15) is 0 Å². The number of rotatable bonds is 18. The maximum absolute atomic E-state index is 6.55. The van der Waals surface area contributed by atoms with Gasteiger partial charge in [-0.1, -0.05) is 226 Å². The molecule has 0 spiro atoms. The zero-order chi connectivity index (χ0) is 43.7. The van der Waals surface area contributed by atoms with E-state index >= 15 is 0 Å². The molecule has 0 saturated carbocycles. The van der Waals surface area contributed by atoms with Crippen LogP contribution in [0.1, 0.15) is 140 Å². The zero-order valence-corrected chi connectivity index (χ0v) is 38.7. The van der Waals surface area contributed by atoms with E-state index in [4.69, 9.17) is 4.42 Å². The first kappa shape index (κ1) is 42.1. The lowest BCUT2D eigenvalue weighted by atomic mass is 9.70. The van der Waals surface area contributed by atoms with Crippen molar-refractivity contribution in [3.05, 3.63) is 174 Å². The van der Waals surface area contributed by atoms with Gasteiger partial charge in [-0.15, -0.1) is 0 Å². The Bertz CT molecular complexity index is 2890. The first-order chi connectivity index (χ1) is 31.5. The largest absolute Gasteiger partial charge is 0.455 e. The van der Waals surface area contributed by atoms with E-state index in [2.05, 4.69) is 184 Å². The van der Waals surface area contributed by atoms with Crippen LogP contribution in [-0.2, 0) is 10.8 Å². The molecule has 0 aliphatic heterocycles. The molecule has 10 rings (SSSR count). The van der Waals surface area contributed by atoms with Gasteiger partial charge in [-0.3, -0.25) is 0 Å². The van der Waals surface area contributed by atoms with Crippen molar-refractivity contribution in [3.8, 4) is 33.4 Å². The molecule has 324 valence electrons. The van der Waals surface area contributed by atoms with E-state index in [0.29, 0.717) is 0 Å². The van der Waals surface area contributed by atoms with E-state index in [-0.39, 0.29) is 10.8 Å². The summed E-state index contributed by atoms with van der Waals surface area (Å²) in [6, 6.07) is 57.2. The van der Waals surface area contributed by atoms with Crippen molar-refractivity contribution in [3.63, 3.8) is 0 Å². The Morgan fingerprint density at radius 2 is 0.922 bits per heavy atom. The van der Waals surface area contributed by atoms with Gasteiger partial charge in [-0.25, -0.2) is 0 Å². The van der Waals surface area contributed by atoms with Gasteiger partial charge in [0.25, 0.3) is 0 Å². The Balaban J connectivity index is 1.14. The van der Waals surface area contributed by atoms with Crippen LogP contribution in [0.4, 0.5) is 17.1 Å². The minimum atomic E-state index is -0.114. The van der Waals surface area contributed by atoms with Crippen molar-refractivity contribution in [2.75, 3.05) is 4.90 Å². The van der Waals surface area contributed by atoms with E-state index in [9.17, 15) is 0 Å². The van der Waals surface area contributed by atoms with Gasteiger partial charge in [0.1, 0.15) is 11.2 Å². The predicted molar refractivity (Wildman–Crippen MR) is 274 cm³/mol. The molecule has 1 heterocycles. The molecule has 0 N–H and O–H groups in total. The lowest BCUT2D eigenvalue weighted by molar-refractivity contribution is 0.398. The summed E-state index contributed by atoms with van der Waals surface area (Å²) in [5, 5.41) is 2.31. The molecule has 1 aromatic heterocycles. The van der Waals surface area contributed by atoms with Crippen LogP contribution in [0.15, 0.2) is 156 Å². The molecular weight excluding hydrogens is 775 g/mol. The number of para-hydroxylation sites is 2. The lowest BCUT2D eigenvalue weighted by Crippen LogP contribution is -2.25. The highest BCUT2D eigenvalue weighted by Crippen LogP contribution is 2.60. The van der Waals surface area contributed by atoms with E-state index in [1.165, 1.54) is 140 Å². The Morgan fingerprint density at radius 1 is 0.422 bits per heavy atom. The normalized spacial score (nSPS) is 14.1. The number of hydrogen-bond acceptors (Lipinski definition) is 2. The summed E-state index contributed by atoms with van der Waals surface area (Å²) in [7, 11) is 0. The monoisotopic (exact) mass is 840 g/mol. The molecule has 0 saturated heterocycles. The highest BCUT2D eigenvalue weighted by atomic mass is 16.3. The summed E-state index contributed by atoms with van der Waals surface area (Å²) in [5.74, 6) is 0. The zero-order valence-electron chi connectivity index (χ0n) is 38.7. The maximum Gasteiger partial charge on any atom is 0.143 e. The fourth-order valence-electron chi connectivity index (χ4n) is 11.8. The molecule has 2 aliphatic rings. The van der Waals surface area contributed by atoms with Crippen molar-refractivity contribution >= 4 is 39.0 Å². The number of fused-ring (bicyclic) bond motifs is 9. The van der Waals surface area contributed by atoms with Crippen LogP contribution in [0.2, 0.25) is 0 Å². The second-order valence-corrected chi connectivity index (χ2v) is 19.4. The Labute approximate surface area is 382 Å². The molecule has 0 unspecified atom stereocenters. The smallest absolute Gasteiger partial charge is 0.143 e. The molecule has 2 aliphatic carbocycles. The van der Waals surface area contributed by atoms with Crippen molar-refractivity contribution < 1.29 is 4.42 Å². The lowest BCUT2D eigenvalue weighted by Gasteiger charge is -2.34. The molecular formula is C62H65NO. The van der Waals surface area contributed by atoms with E-state index in [1.807, 2.05) is 0 Å². The van der Waals surface area contributed by atoms with Crippen molar-refractivity contribution in [2.45, 2.75) is 128 Å². The van der Waals surface area contributed by atoms with Gasteiger partial charge in [-0.05, 0) is 82.1 Å². The third-order valence-electron chi connectivity index (χ3n) is 15.1. The number of nitrogens with zero attached hydrogens (tertiary/aromatic N) is 1. The molecule has 0 bridgehead atoms. The number of anilines is 3. The molecule has 0 atom stereocenters. The average Bonchev–Trinajstić information content (AvgIpc) is 3.93. The molecule has 0 amide bonds. The van der Waals surface area contributed by atoms with Gasteiger partial charge in [0.15, 0.2) is 0 Å². The first-order valence-electron chi connectivity index (χ1n) is 24.7. The number of benzene rings is 7. The van der Waals surface area contributed by atoms with Crippen LogP contribution in [-0.4, -0.2) is 0 Å². The second-order valence-electron chi connectivity index (χ2n) is 19.4. The summed E-state index contributed by atoms with van der Waals surface area (Å²) in [5.41, 5.74) is 19.0. The van der Waals surface area contributed by atoms with Crippen LogP contribution in [0, 0.1) is 0 Å². The van der Waals surface area contributed by atoms with Crippen molar-refractivity contribution in [2.24, 2.45) is 0 Å². The SMILES string of the molecule is CCCCCCCCC1(CCCCCCCC)c2ccccc2-c2c(N(c3ccc(-c4cccc5c4oc4ccccc45)cc3)c3cccc4c3-c3ccccc3C4(C)C)cccc21. The van der Waals surface area contributed by atoms with Crippen LogP contribution in [0.3, 0.4) is 0 Å². The molecule has 64 heavy (non-hydrogen) atoms. The molecule has 2 heteroatoms. The van der Waals surface area contributed by atoms with Crippen LogP contribution < -0.4 is 4.90 Å². The van der Waals surface area contributed by atoms with Crippen LogP contribution in [0.25, 0.3) is 55.3 Å². The average molecular weight is 840 g/mol. The first-order valence-corrected chi connectivity index (χ1v) is 24.7. The molecule has 8 aromatic rings. The quantitative estimate of drug-likeness (QED) is 0.0801. The fourth-order valence-corrected chi connectivity index (χ4v) is 11.8. The topological polar surface area (TPSA) is 16.4 Å². The Morgan fingerprint density at radius 3 is 1.61 bits per heavy atom.